The zero-order chi connectivity index (χ0) is 26.1. The van der Waals surface area contributed by atoms with Crippen molar-refractivity contribution in [2.75, 3.05) is 5.32 Å². The molecule has 0 saturated carbocycles. The van der Waals surface area contributed by atoms with Crippen molar-refractivity contribution in [2.45, 2.75) is 6.61 Å². The summed E-state index contributed by atoms with van der Waals surface area (Å²) < 4.78 is 2.46. The lowest BCUT2D eigenvalue weighted by molar-refractivity contribution is 0.102. The summed E-state index contributed by atoms with van der Waals surface area (Å²) in [6, 6.07) is 23.4. The molecule has 38 heavy (non-hydrogen) atoms. The Morgan fingerprint density at radius 1 is 1.00 bits per heavy atom. The number of carbonyl (C=O) groups is 1. The molecule has 1 amide bonds. The van der Waals surface area contributed by atoms with Gasteiger partial charge >= 0.3 is 0 Å². The Balaban J connectivity index is 1.37. The predicted octanol–water partition coefficient (Wildman–Crippen LogP) is 5.90. The Morgan fingerprint density at radius 2 is 1.79 bits per heavy atom. The number of rotatable bonds is 6. The number of aromatic nitrogens is 4. The number of fused-ring (bicyclic) bond motifs is 2. The highest BCUT2D eigenvalue weighted by Crippen LogP contribution is 2.38. The summed E-state index contributed by atoms with van der Waals surface area (Å²) in [6.45, 7) is -0.0978. The number of para-hydroxylation sites is 1. The van der Waals surface area contributed by atoms with E-state index in [9.17, 15) is 15.0 Å². The van der Waals surface area contributed by atoms with Crippen LogP contribution in [0.3, 0.4) is 0 Å². The normalized spacial score (nSPS) is 11.5. The first-order chi connectivity index (χ1) is 18.6. The number of nitrogens with one attached hydrogen (secondary N) is 1. The molecule has 0 spiro atoms. The standard InChI is InChI=1S/C27H19N7O3S/c35-14-16-9-11-18(12-10-16)30-25(37)23-19-6-2-1-5-17(19)13-21(24(23)36)32-33-26-28-15-29-34(26)27-31-20-7-3-4-8-22(20)38-27/h1-13,15,35-36H,14H2,(H,30,37). The van der Waals surface area contributed by atoms with Gasteiger partial charge in [-0.15, -0.1) is 10.2 Å². The molecule has 11 heteroatoms. The van der Waals surface area contributed by atoms with Crippen LogP contribution in [-0.4, -0.2) is 35.9 Å². The van der Waals surface area contributed by atoms with Crippen molar-refractivity contribution in [3.63, 3.8) is 0 Å². The number of hydrogen-bond acceptors (Lipinski definition) is 9. The molecule has 2 aromatic heterocycles. The van der Waals surface area contributed by atoms with Gasteiger partial charge in [0.1, 0.15) is 12.0 Å². The van der Waals surface area contributed by atoms with Crippen molar-refractivity contribution in [1.29, 1.82) is 0 Å². The van der Waals surface area contributed by atoms with Crippen LogP contribution >= 0.6 is 11.3 Å². The number of hydrogen-bond donors (Lipinski definition) is 3. The van der Waals surface area contributed by atoms with Crippen LogP contribution in [0.25, 0.3) is 26.1 Å². The fourth-order valence-corrected chi connectivity index (χ4v) is 4.92. The summed E-state index contributed by atoms with van der Waals surface area (Å²) in [6.07, 6.45) is 1.35. The minimum atomic E-state index is -0.509. The molecule has 0 radical (unpaired) electrons. The van der Waals surface area contributed by atoms with Crippen LogP contribution in [0, 0.1) is 0 Å². The first-order valence-electron chi connectivity index (χ1n) is 11.5. The molecule has 186 valence electrons. The molecule has 0 fully saturated rings. The van der Waals surface area contributed by atoms with E-state index in [0.29, 0.717) is 21.6 Å². The number of carbonyl (C=O) groups excluding carboxylic acids is 1. The summed E-state index contributed by atoms with van der Waals surface area (Å²) in [5, 5.41) is 37.7. The molecule has 0 bridgehead atoms. The molecule has 10 nitrogen and oxygen atoms in total. The minimum absolute atomic E-state index is 0.0657. The number of anilines is 1. The van der Waals surface area contributed by atoms with Crippen molar-refractivity contribution in [3.8, 4) is 10.9 Å². The van der Waals surface area contributed by atoms with E-state index in [4.69, 9.17) is 0 Å². The van der Waals surface area contributed by atoms with Gasteiger partial charge in [-0.25, -0.2) is 4.98 Å². The fourth-order valence-electron chi connectivity index (χ4n) is 4.00. The van der Waals surface area contributed by atoms with Crippen molar-refractivity contribution in [2.24, 2.45) is 10.2 Å². The number of amides is 1. The molecule has 0 unspecified atom stereocenters. The number of thiazole rings is 1. The van der Waals surface area contributed by atoms with Gasteiger partial charge in [-0.1, -0.05) is 59.9 Å². The van der Waals surface area contributed by atoms with Gasteiger partial charge in [0.05, 0.1) is 22.4 Å². The number of phenolic OH excluding ortho intramolecular Hbond substituents is 1. The molecule has 0 saturated heterocycles. The highest BCUT2D eigenvalue weighted by molar-refractivity contribution is 7.20. The van der Waals surface area contributed by atoms with Crippen LogP contribution in [0.15, 0.2) is 95.4 Å². The molecule has 0 aliphatic carbocycles. The maximum Gasteiger partial charge on any atom is 0.274 e. The quantitative estimate of drug-likeness (QED) is 0.234. The van der Waals surface area contributed by atoms with Crippen LogP contribution < -0.4 is 5.32 Å². The maximum absolute atomic E-state index is 13.3. The van der Waals surface area contributed by atoms with Gasteiger partial charge in [0.2, 0.25) is 5.13 Å². The van der Waals surface area contributed by atoms with Gasteiger partial charge in [-0.05, 0) is 46.7 Å². The van der Waals surface area contributed by atoms with E-state index in [1.807, 2.05) is 36.4 Å². The lowest BCUT2D eigenvalue weighted by atomic mass is 10.0. The number of benzene rings is 4. The Morgan fingerprint density at radius 3 is 2.61 bits per heavy atom. The molecule has 2 heterocycles. The second-order valence-corrected chi connectivity index (χ2v) is 9.29. The van der Waals surface area contributed by atoms with E-state index >= 15 is 0 Å². The molecular formula is C27H19N7O3S. The highest BCUT2D eigenvalue weighted by Gasteiger charge is 2.20. The van der Waals surface area contributed by atoms with Crippen LogP contribution in [0.4, 0.5) is 17.3 Å². The van der Waals surface area contributed by atoms with Gasteiger partial charge in [-0.2, -0.15) is 14.8 Å². The van der Waals surface area contributed by atoms with Crippen molar-refractivity contribution >= 4 is 55.6 Å². The average molecular weight is 522 g/mol. The Bertz CT molecular complexity index is 1790. The van der Waals surface area contributed by atoms with Gasteiger partial charge < -0.3 is 15.5 Å². The van der Waals surface area contributed by atoms with Crippen LogP contribution in [0.2, 0.25) is 0 Å². The third-order valence-corrected chi connectivity index (χ3v) is 6.88. The van der Waals surface area contributed by atoms with E-state index < -0.39 is 5.91 Å². The zero-order valence-corrected chi connectivity index (χ0v) is 20.5. The monoisotopic (exact) mass is 521 g/mol. The van der Waals surface area contributed by atoms with Gasteiger partial charge in [0.15, 0.2) is 5.75 Å². The number of aromatic hydroxyl groups is 1. The predicted molar refractivity (Wildman–Crippen MR) is 145 cm³/mol. The molecule has 3 N–H and O–H groups in total. The van der Waals surface area contributed by atoms with Crippen molar-refractivity contribution < 1.29 is 15.0 Å². The van der Waals surface area contributed by atoms with Gasteiger partial charge in [-0.3, -0.25) is 4.79 Å². The molecule has 4 aromatic carbocycles. The first-order valence-corrected chi connectivity index (χ1v) is 12.4. The van der Waals surface area contributed by atoms with Crippen molar-refractivity contribution in [3.05, 3.63) is 96.3 Å². The summed E-state index contributed by atoms with van der Waals surface area (Å²) >= 11 is 1.44. The molecule has 6 aromatic rings. The Kier molecular flexibility index (Phi) is 6.04. The second kappa shape index (κ2) is 9.81. The zero-order valence-electron chi connectivity index (χ0n) is 19.7. The van der Waals surface area contributed by atoms with Crippen LogP contribution in [0.1, 0.15) is 15.9 Å². The number of phenols is 1. The SMILES string of the molecule is O=C(Nc1ccc(CO)cc1)c1c(O)c(N=Nc2ncnn2-c2nc3ccccc3s2)cc2ccccc12. The lowest BCUT2D eigenvalue weighted by Crippen LogP contribution is -2.12. The van der Waals surface area contributed by atoms with Gasteiger partial charge in [0, 0.05) is 5.69 Å². The molecular weight excluding hydrogens is 502 g/mol. The van der Waals surface area contributed by atoms with E-state index in [2.05, 4.69) is 30.6 Å². The number of azo groups is 1. The Labute approximate surface area is 219 Å². The Hall–Kier alpha value is -5.00. The third-order valence-electron chi connectivity index (χ3n) is 5.86. The fraction of sp³-hybridized carbons (Fsp3) is 0.0370. The molecule has 0 aliphatic rings. The van der Waals surface area contributed by atoms with E-state index in [-0.39, 0.29) is 29.6 Å². The third kappa shape index (κ3) is 4.36. The molecule has 6 rings (SSSR count). The minimum Gasteiger partial charge on any atom is -0.505 e. The van der Waals surface area contributed by atoms with E-state index in [0.717, 1.165) is 15.8 Å². The summed E-state index contributed by atoms with van der Waals surface area (Å²) in [4.78, 5) is 22.0. The number of nitrogens with zero attached hydrogens (tertiary/aromatic N) is 6. The summed E-state index contributed by atoms with van der Waals surface area (Å²) in [5.41, 5.74) is 2.24. The first kappa shape index (κ1) is 23.4. The van der Waals surface area contributed by atoms with Crippen LogP contribution in [0.5, 0.6) is 5.75 Å². The smallest absolute Gasteiger partial charge is 0.274 e. The molecule has 0 atom stereocenters. The summed E-state index contributed by atoms with van der Waals surface area (Å²) in [5.74, 6) is -0.653. The largest absolute Gasteiger partial charge is 0.505 e. The lowest BCUT2D eigenvalue weighted by Gasteiger charge is -2.12. The van der Waals surface area contributed by atoms with Crippen LogP contribution in [-0.2, 0) is 6.61 Å². The number of aliphatic hydroxyl groups is 1. The summed E-state index contributed by atoms with van der Waals surface area (Å²) in [7, 11) is 0. The average Bonchev–Trinajstić information content (AvgIpc) is 3.59. The topological polar surface area (TPSA) is 138 Å². The molecule has 0 aliphatic heterocycles. The van der Waals surface area contributed by atoms with E-state index in [1.54, 1.807) is 42.5 Å². The van der Waals surface area contributed by atoms with Gasteiger partial charge in [0.25, 0.3) is 11.9 Å². The maximum atomic E-state index is 13.3. The highest BCUT2D eigenvalue weighted by atomic mass is 32.1. The number of aliphatic hydroxyl groups excluding tert-OH is 1. The van der Waals surface area contributed by atoms with E-state index in [1.165, 1.54) is 22.3 Å². The van der Waals surface area contributed by atoms with Crippen molar-refractivity contribution in [1.82, 2.24) is 19.7 Å². The second-order valence-electron chi connectivity index (χ2n) is 8.29.